The van der Waals surface area contributed by atoms with Crippen LogP contribution in [0.25, 0.3) is 6.08 Å². The summed E-state index contributed by atoms with van der Waals surface area (Å²) in [4.78, 5) is 10.5. The summed E-state index contributed by atoms with van der Waals surface area (Å²) in [6.07, 6.45) is 10.3. The van der Waals surface area contributed by atoms with Crippen LogP contribution in [0.15, 0.2) is 30.3 Å². The van der Waals surface area contributed by atoms with Gasteiger partial charge in [0.25, 0.3) is 0 Å². The molecule has 0 spiro atoms. The van der Waals surface area contributed by atoms with Gasteiger partial charge in [-0.05, 0) is 24.0 Å². The molecule has 0 saturated heterocycles. The van der Waals surface area contributed by atoms with Crippen molar-refractivity contribution in [3.63, 3.8) is 0 Å². The number of aromatic carboxylic acids is 1. The minimum atomic E-state index is -1.12. The smallest absolute Gasteiger partial charge is 0.0715 e. The number of carbonyl (C=O) groups excluding carboxylic acids is 1. The molecule has 0 amide bonds. The minimum Gasteiger partial charge on any atom is -0.545 e. The van der Waals surface area contributed by atoms with E-state index in [-0.39, 0.29) is 5.56 Å². The Labute approximate surface area is 103 Å². The highest BCUT2D eigenvalue weighted by atomic mass is 16.4. The van der Waals surface area contributed by atoms with Crippen LogP contribution < -0.4 is 5.11 Å². The average Bonchev–Trinajstić information content (AvgIpc) is 2.34. The number of rotatable bonds is 7. The molecule has 0 fully saturated rings. The third kappa shape index (κ3) is 5.34. The van der Waals surface area contributed by atoms with E-state index < -0.39 is 5.97 Å². The Morgan fingerprint density at radius 3 is 2.47 bits per heavy atom. The van der Waals surface area contributed by atoms with Crippen LogP contribution in [0, 0.1) is 0 Å². The molecule has 0 bridgehead atoms. The third-order valence-corrected chi connectivity index (χ3v) is 2.68. The van der Waals surface area contributed by atoms with E-state index in [0.29, 0.717) is 0 Å². The maximum absolute atomic E-state index is 10.5. The number of unbranched alkanes of at least 4 members (excludes halogenated alkanes) is 4. The molecule has 2 heteroatoms. The van der Waals surface area contributed by atoms with Crippen molar-refractivity contribution in [3.05, 3.63) is 41.5 Å². The molecular weight excluding hydrogens is 212 g/mol. The van der Waals surface area contributed by atoms with Crippen LogP contribution in [-0.4, -0.2) is 5.97 Å². The molecule has 0 N–H and O–H groups in total. The topological polar surface area (TPSA) is 40.1 Å². The van der Waals surface area contributed by atoms with E-state index in [0.717, 1.165) is 12.0 Å². The fourth-order valence-corrected chi connectivity index (χ4v) is 1.64. The second-order valence-electron chi connectivity index (χ2n) is 4.16. The van der Waals surface area contributed by atoms with E-state index in [1.165, 1.54) is 25.7 Å². The van der Waals surface area contributed by atoms with Crippen LogP contribution in [0.1, 0.15) is 54.9 Å². The van der Waals surface area contributed by atoms with E-state index in [1.807, 2.05) is 6.08 Å². The second-order valence-corrected chi connectivity index (χ2v) is 4.16. The predicted molar refractivity (Wildman–Crippen MR) is 68.6 cm³/mol. The summed E-state index contributed by atoms with van der Waals surface area (Å²) in [5, 5.41) is 10.5. The van der Waals surface area contributed by atoms with Gasteiger partial charge in [-0.2, -0.15) is 0 Å². The van der Waals surface area contributed by atoms with Gasteiger partial charge in [-0.15, -0.1) is 0 Å². The van der Waals surface area contributed by atoms with Crippen LogP contribution in [0.4, 0.5) is 0 Å². The molecule has 0 aliphatic heterocycles. The van der Waals surface area contributed by atoms with Crippen molar-refractivity contribution in [2.45, 2.75) is 39.0 Å². The molecule has 92 valence electrons. The van der Waals surface area contributed by atoms with Gasteiger partial charge in [0, 0.05) is 0 Å². The van der Waals surface area contributed by atoms with Crippen molar-refractivity contribution in [1.82, 2.24) is 0 Å². The van der Waals surface area contributed by atoms with Crippen molar-refractivity contribution in [3.8, 4) is 0 Å². The minimum absolute atomic E-state index is 0.227. The summed E-state index contributed by atoms with van der Waals surface area (Å²) in [6, 6.07) is 6.75. The number of hydrogen-bond donors (Lipinski definition) is 0. The van der Waals surface area contributed by atoms with Crippen molar-refractivity contribution in [2.75, 3.05) is 0 Å². The molecular formula is C15H19O2-. The number of allylic oxidation sites excluding steroid dienone is 1. The van der Waals surface area contributed by atoms with Crippen molar-refractivity contribution < 1.29 is 9.90 Å². The fourth-order valence-electron chi connectivity index (χ4n) is 1.64. The lowest BCUT2D eigenvalue weighted by atomic mass is 10.1. The van der Waals surface area contributed by atoms with Gasteiger partial charge in [0.05, 0.1) is 5.97 Å². The highest BCUT2D eigenvalue weighted by Gasteiger charge is 1.92. The zero-order valence-corrected chi connectivity index (χ0v) is 10.3. The van der Waals surface area contributed by atoms with Crippen molar-refractivity contribution in [1.29, 1.82) is 0 Å². The zero-order valence-electron chi connectivity index (χ0n) is 10.3. The molecule has 2 nitrogen and oxygen atoms in total. The van der Waals surface area contributed by atoms with Gasteiger partial charge in [0.2, 0.25) is 0 Å². The molecule has 0 saturated carbocycles. The quantitative estimate of drug-likeness (QED) is 0.677. The molecule has 0 aromatic heterocycles. The van der Waals surface area contributed by atoms with Gasteiger partial charge >= 0.3 is 0 Å². The lowest BCUT2D eigenvalue weighted by Crippen LogP contribution is -2.21. The van der Waals surface area contributed by atoms with Crippen LogP contribution in [0.3, 0.4) is 0 Å². The molecule has 1 aromatic rings. The number of carbonyl (C=O) groups is 1. The van der Waals surface area contributed by atoms with Crippen LogP contribution in [0.2, 0.25) is 0 Å². The Balaban J connectivity index is 2.36. The molecule has 0 heterocycles. The lowest BCUT2D eigenvalue weighted by molar-refractivity contribution is -0.255. The average molecular weight is 231 g/mol. The summed E-state index contributed by atoms with van der Waals surface area (Å²) in [5.41, 5.74) is 1.26. The number of carboxylic acids is 1. The molecule has 1 rings (SSSR count). The Morgan fingerprint density at radius 2 is 1.88 bits per heavy atom. The first-order valence-corrected chi connectivity index (χ1v) is 6.22. The SMILES string of the molecule is CCCCCC/C=C/c1ccc(C(=O)[O-])cc1. The number of hydrogen-bond acceptors (Lipinski definition) is 2. The molecule has 0 aliphatic carbocycles. The summed E-state index contributed by atoms with van der Waals surface area (Å²) >= 11 is 0. The maximum atomic E-state index is 10.5. The first kappa shape index (κ1) is 13.5. The molecule has 0 atom stereocenters. The maximum Gasteiger partial charge on any atom is 0.0715 e. The second kappa shape index (κ2) is 7.66. The number of benzene rings is 1. The molecule has 0 aliphatic rings. The molecule has 0 radical (unpaired) electrons. The van der Waals surface area contributed by atoms with Crippen LogP contribution in [-0.2, 0) is 0 Å². The fraction of sp³-hybridized carbons (Fsp3) is 0.400. The largest absolute Gasteiger partial charge is 0.545 e. The Morgan fingerprint density at radius 1 is 1.18 bits per heavy atom. The lowest BCUT2D eigenvalue weighted by Gasteiger charge is -2.01. The zero-order chi connectivity index (χ0) is 12.5. The van der Waals surface area contributed by atoms with Gasteiger partial charge in [0.1, 0.15) is 0 Å². The van der Waals surface area contributed by atoms with Crippen molar-refractivity contribution >= 4 is 12.0 Å². The van der Waals surface area contributed by atoms with Gasteiger partial charge in [0.15, 0.2) is 0 Å². The number of carboxylic acid groups (broad SMARTS) is 1. The highest BCUT2D eigenvalue weighted by molar-refractivity contribution is 5.85. The van der Waals surface area contributed by atoms with E-state index >= 15 is 0 Å². The summed E-state index contributed by atoms with van der Waals surface area (Å²) in [7, 11) is 0. The van der Waals surface area contributed by atoms with E-state index in [1.54, 1.807) is 24.3 Å². The summed E-state index contributed by atoms with van der Waals surface area (Å²) in [5.74, 6) is -1.12. The van der Waals surface area contributed by atoms with Gasteiger partial charge in [-0.25, -0.2) is 0 Å². The van der Waals surface area contributed by atoms with Gasteiger partial charge in [-0.3, -0.25) is 0 Å². The summed E-state index contributed by atoms with van der Waals surface area (Å²) in [6.45, 7) is 2.20. The molecule has 1 aromatic carbocycles. The Hall–Kier alpha value is -1.57. The first-order chi connectivity index (χ1) is 8.24. The van der Waals surface area contributed by atoms with Gasteiger partial charge < -0.3 is 9.90 Å². The third-order valence-electron chi connectivity index (χ3n) is 2.68. The Bertz CT molecular complexity index is 363. The van der Waals surface area contributed by atoms with E-state index in [9.17, 15) is 9.90 Å². The van der Waals surface area contributed by atoms with E-state index in [2.05, 4.69) is 13.0 Å². The predicted octanol–water partition coefficient (Wildman–Crippen LogP) is 3.03. The van der Waals surface area contributed by atoms with Gasteiger partial charge in [-0.1, -0.05) is 62.6 Å². The first-order valence-electron chi connectivity index (χ1n) is 6.22. The molecule has 0 unspecified atom stereocenters. The monoisotopic (exact) mass is 231 g/mol. The normalized spacial score (nSPS) is 10.9. The molecule has 17 heavy (non-hydrogen) atoms. The van der Waals surface area contributed by atoms with E-state index in [4.69, 9.17) is 0 Å². The standard InChI is InChI=1S/C15H20O2/c1-2-3-4-5-6-7-8-13-9-11-14(12-10-13)15(16)17/h7-12H,2-6H2,1H3,(H,16,17)/p-1/b8-7+. The van der Waals surface area contributed by atoms with Crippen LogP contribution in [0.5, 0.6) is 0 Å². The Kier molecular flexibility index (Phi) is 6.08. The highest BCUT2D eigenvalue weighted by Crippen LogP contribution is 2.08. The summed E-state index contributed by atoms with van der Waals surface area (Å²) < 4.78 is 0. The van der Waals surface area contributed by atoms with Crippen molar-refractivity contribution in [2.24, 2.45) is 0 Å². The van der Waals surface area contributed by atoms with Crippen LogP contribution >= 0.6 is 0 Å².